The van der Waals surface area contributed by atoms with Gasteiger partial charge in [-0.3, -0.25) is 33.9 Å². The van der Waals surface area contributed by atoms with E-state index in [1.54, 1.807) is 5.32 Å². The summed E-state index contributed by atoms with van der Waals surface area (Å²) in [6.45, 7) is 5.70. The number of hydrogen-bond donors (Lipinski definition) is 6. The molecule has 1 aromatic carbocycles. The summed E-state index contributed by atoms with van der Waals surface area (Å²) in [5.41, 5.74) is -1.61. The predicted octanol–water partition coefficient (Wildman–Crippen LogP) is 1.96. The van der Waals surface area contributed by atoms with Crippen molar-refractivity contribution in [3.63, 3.8) is 0 Å². The van der Waals surface area contributed by atoms with E-state index in [9.17, 15) is 23.5 Å². The van der Waals surface area contributed by atoms with E-state index >= 15 is 0 Å². The molecule has 2 amide bonds. The molecule has 0 aliphatic carbocycles. The lowest BCUT2D eigenvalue weighted by molar-refractivity contribution is -0.125. The molecule has 20 heteroatoms. The van der Waals surface area contributed by atoms with Crippen molar-refractivity contribution in [1.29, 1.82) is 0 Å². The number of alkyl carbamates (subject to hydrolysis) is 1. The number of nitrogens with zero attached hydrogens (tertiary/aromatic N) is 3. The quantitative estimate of drug-likeness (QED) is 0.0818. The first-order valence-electron chi connectivity index (χ1n) is 16.3. The van der Waals surface area contributed by atoms with Gasteiger partial charge in [-0.1, -0.05) is 44.2 Å². The number of aromatic nitrogens is 2. The molecule has 1 fully saturated rings. The molecular formula is C30H46BN5O12P2. The molecule has 1 aromatic heterocycles. The van der Waals surface area contributed by atoms with Gasteiger partial charge in [0.1, 0.15) is 12.3 Å². The Labute approximate surface area is 291 Å². The molecule has 3 rings (SSSR count). The molecule has 1 aliphatic heterocycles. The third kappa shape index (κ3) is 14.7. The van der Waals surface area contributed by atoms with Gasteiger partial charge in [-0.2, -0.15) is 0 Å². The smallest absolute Gasteiger partial charge is 0.448 e. The minimum Gasteiger partial charge on any atom is -0.448 e. The van der Waals surface area contributed by atoms with Crippen molar-refractivity contribution in [3.05, 3.63) is 60.2 Å². The molecule has 1 aliphatic rings. The molecule has 6 N–H and O–H groups in total. The third-order valence-electron chi connectivity index (χ3n) is 7.68. The Kier molecular flexibility index (Phi) is 16.6. The summed E-state index contributed by atoms with van der Waals surface area (Å²) in [5, 5.41) is 4.67. The average molecular weight is 741 g/mol. The van der Waals surface area contributed by atoms with Crippen LogP contribution >= 0.6 is 15.2 Å². The van der Waals surface area contributed by atoms with Crippen LogP contribution in [0.25, 0.3) is 0 Å². The summed E-state index contributed by atoms with van der Waals surface area (Å²) in [6.07, 6.45) is 4.86. The first-order valence-corrected chi connectivity index (χ1v) is 19.6. The Bertz CT molecular complexity index is 1430. The summed E-state index contributed by atoms with van der Waals surface area (Å²) < 4.78 is 40.0. The van der Waals surface area contributed by atoms with Gasteiger partial charge in [-0.05, 0) is 37.2 Å². The lowest BCUT2D eigenvalue weighted by Gasteiger charge is -2.30. The van der Waals surface area contributed by atoms with Crippen molar-refractivity contribution in [3.8, 4) is 0 Å². The van der Waals surface area contributed by atoms with Gasteiger partial charge in [0.25, 0.3) is 0 Å². The van der Waals surface area contributed by atoms with E-state index in [0.29, 0.717) is 38.8 Å². The highest BCUT2D eigenvalue weighted by Gasteiger charge is 2.45. The Balaban J connectivity index is 1.58. The Morgan fingerprint density at radius 2 is 1.62 bits per heavy atom. The van der Waals surface area contributed by atoms with Gasteiger partial charge in [0, 0.05) is 57.6 Å². The molecule has 50 heavy (non-hydrogen) atoms. The van der Waals surface area contributed by atoms with Crippen LogP contribution in [0.3, 0.4) is 0 Å². The number of ether oxygens (including phenoxy) is 1. The number of carbonyl (C=O) groups is 3. The van der Waals surface area contributed by atoms with Crippen molar-refractivity contribution < 1.29 is 57.1 Å². The van der Waals surface area contributed by atoms with Crippen LogP contribution in [0.4, 0.5) is 4.79 Å². The summed E-state index contributed by atoms with van der Waals surface area (Å²) in [6, 6.07) is 9.45. The largest absolute Gasteiger partial charge is 0.480 e. The fourth-order valence-electron chi connectivity index (χ4n) is 5.34. The van der Waals surface area contributed by atoms with Crippen molar-refractivity contribution in [2.75, 3.05) is 39.5 Å². The van der Waals surface area contributed by atoms with E-state index in [0.717, 1.165) is 5.56 Å². The van der Waals surface area contributed by atoms with Crippen LogP contribution in [0.5, 0.6) is 0 Å². The highest BCUT2D eigenvalue weighted by Crippen LogP contribution is 2.58. The molecule has 0 unspecified atom stereocenters. The van der Waals surface area contributed by atoms with E-state index in [-0.39, 0.29) is 56.1 Å². The maximum atomic E-state index is 13.8. The van der Waals surface area contributed by atoms with Crippen LogP contribution in [0, 0.1) is 11.8 Å². The Morgan fingerprint density at radius 1 is 0.980 bits per heavy atom. The van der Waals surface area contributed by atoms with Crippen LogP contribution in [-0.2, 0) is 34.4 Å². The van der Waals surface area contributed by atoms with Crippen molar-refractivity contribution in [2.45, 2.75) is 57.4 Å². The number of rotatable bonds is 16. The molecule has 0 spiro atoms. The number of nitrogens with one attached hydrogen (secondary N) is 2. The van der Waals surface area contributed by atoms with Gasteiger partial charge in [0.15, 0.2) is 5.78 Å². The lowest BCUT2D eigenvalue weighted by Crippen LogP contribution is -2.52. The lowest BCUT2D eigenvalue weighted by atomic mass is 9.73. The molecule has 2 aromatic rings. The maximum absolute atomic E-state index is 13.8. The van der Waals surface area contributed by atoms with Gasteiger partial charge in [-0.25, -0.2) is 9.78 Å². The van der Waals surface area contributed by atoms with Crippen LogP contribution in [0.15, 0.2) is 48.9 Å². The number of benzene rings is 1. The van der Waals surface area contributed by atoms with Crippen LogP contribution < -0.4 is 10.6 Å². The third-order valence-corrected chi connectivity index (χ3v) is 11.0. The number of hydrogen-bond acceptors (Lipinski definition) is 11. The fraction of sp³-hybridized carbons (Fsp3) is 0.567. The van der Waals surface area contributed by atoms with E-state index in [4.69, 9.17) is 33.6 Å². The van der Waals surface area contributed by atoms with Gasteiger partial charge < -0.3 is 38.9 Å². The molecule has 276 valence electrons. The van der Waals surface area contributed by atoms with Crippen LogP contribution in [-0.4, -0.2) is 110 Å². The molecule has 0 saturated carbocycles. The monoisotopic (exact) mass is 741 g/mol. The Hall–Kier alpha value is -3.05. The molecule has 17 nitrogen and oxygen atoms in total. The summed E-state index contributed by atoms with van der Waals surface area (Å²) in [5.74, 6) is -1.59. The zero-order valence-electron chi connectivity index (χ0n) is 28.1. The molecule has 2 heterocycles. The van der Waals surface area contributed by atoms with Crippen molar-refractivity contribution >= 4 is 40.1 Å². The minimum absolute atomic E-state index is 0.0602. The van der Waals surface area contributed by atoms with Gasteiger partial charge in [-0.15, -0.1) is 0 Å². The van der Waals surface area contributed by atoms with E-state index in [1.807, 2.05) is 49.1 Å². The molecular weight excluding hydrogens is 695 g/mol. The maximum Gasteiger partial charge on any atom is 0.480 e. The number of ketones is 1. The van der Waals surface area contributed by atoms with Crippen molar-refractivity contribution in [2.24, 2.45) is 11.8 Å². The molecule has 2 atom stereocenters. The van der Waals surface area contributed by atoms with Gasteiger partial charge in [0.05, 0.1) is 12.1 Å². The fourth-order valence-corrected chi connectivity index (χ4v) is 7.46. The number of Topliss-reactive ketones (excluding diaryl/α,β-unsaturated/α-hetero) is 1. The first kappa shape index (κ1) is 41.4. The van der Waals surface area contributed by atoms with E-state index < -0.39 is 45.8 Å². The second-order valence-electron chi connectivity index (χ2n) is 12.3. The minimum atomic E-state index is -5.35. The molecule has 0 radical (unpaired) electrons. The summed E-state index contributed by atoms with van der Waals surface area (Å²) in [4.78, 5) is 85.6. The second kappa shape index (κ2) is 20.1. The Morgan fingerprint density at radius 3 is 2.18 bits per heavy atom. The van der Waals surface area contributed by atoms with Gasteiger partial charge in [0.2, 0.25) is 11.4 Å². The number of amides is 2. The first-order chi connectivity index (χ1) is 23.6. The highest BCUT2D eigenvalue weighted by molar-refractivity contribution is 7.70. The molecule has 0 bridgehead atoms. The van der Waals surface area contributed by atoms with E-state index in [2.05, 4.69) is 15.3 Å². The molecule has 1 saturated heterocycles. The number of carbonyl (C=O) groups excluding carboxylic acids is 3. The average Bonchev–Trinajstić information content (AvgIpc) is 3.05. The standard InChI is InChI=1S/C30H46BN5O12P2/c1-22(2)18-27(34-28(38)24(19-23-8-4-3-5-9-23)20-26(37)25-21-32-10-11-33-25)31-47-15-6-12-36(13-7-16-48-31)14-17-46-29(39)35-30(49(40,41)42)50(43,44)45/h3-5,8-11,21-22,24,27,30H,6-7,12-20H2,1-2H3,(H,34,38)(H,35,39)(H2,40,41,42)(H2,43,44,45)/t24-,27+/m0/s1. The summed E-state index contributed by atoms with van der Waals surface area (Å²) in [7, 11) is -11.4. The van der Waals surface area contributed by atoms with Gasteiger partial charge >= 0.3 is 28.4 Å². The second-order valence-corrected chi connectivity index (χ2v) is 16.1. The topological polar surface area (TPSA) is 247 Å². The normalized spacial score (nSPS) is 16.4. The van der Waals surface area contributed by atoms with Crippen molar-refractivity contribution in [1.82, 2.24) is 25.5 Å². The summed E-state index contributed by atoms with van der Waals surface area (Å²) >= 11 is 0. The van der Waals surface area contributed by atoms with E-state index in [1.165, 1.54) is 18.6 Å². The predicted molar refractivity (Wildman–Crippen MR) is 182 cm³/mol. The zero-order valence-corrected chi connectivity index (χ0v) is 29.9. The van der Waals surface area contributed by atoms with Crippen LogP contribution in [0.1, 0.15) is 55.6 Å². The highest BCUT2D eigenvalue weighted by atomic mass is 31.2. The zero-order chi connectivity index (χ0) is 36.7. The SMILES string of the molecule is CC(C)C[C@@H](NC(=O)[C@H](CC(=O)c1cnccn1)Cc1ccccc1)B1OCCCN(CCOC(=O)NC(P(=O)(O)O)P(=O)(O)O)CCCO1. The van der Waals surface area contributed by atoms with Crippen LogP contribution in [0.2, 0.25) is 0 Å².